The number of amides is 2. The summed E-state index contributed by atoms with van der Waals surface area (Å²) in [6, 6.07) is 14.5. The second-order valence-electron chi connectivity index (χ2n) is 4.96. The average Bonchev–Trinajstić information content (AvgIpc) is 2.62. The molecule has 0 saturated carbocycles. The quantitative estimate of drug-likeness (QED) is 0.386. The summed E-state index contributed by atoms with van der Waals surface area (Å²) in [6.07, 6.45) is 1.52. The fraction of sp³-hybridized carbons (Fsp3) is 0.167. The summed E-state index contributed by atoms with van der Waals surface area (Å²) in [5.74, 6) is 0.0825. The Bertz CT molecular complexity index is 760. The molecule has 2 rings (SSSR count). The van der Waals surface area contributed by atoms with Crippen LogP contribution >= 0.6 is 22.6 Å². The predicted octanol–water partition coefficient (Wildman–Crippen LogP) is 2.57. The van der Waals surface area contributed by atoms with Crippen LogP contribution in [-0.4, -0.2) is 31.2 Å². The van der Waals surface area contributed by atoms with Crippen LogP contribution in [-0.2, 0) is 4.79 Å². The Hall–Kier alpha value is -2.42. The molecule has 0 unspecified atom stereocenters. The lowest BCUT2D eigenvalue weighted by molar-refractivity contribution is -0.120. The number of hydrogen-bond acceptors (Lipinski definition) is 4. The number of ether oxygens (including phenoxy) is 1. The molecule has 0 saturated heterocycles. The molecular formula is C18H18IN3O3. The third kappa shape index (κ3) is 6.18. The minimum atomic E-state index is -0.401. The molecule has 0 aliphatic heterocycles. The molecule has 0 aliphatic carbocycles. The molecule has 130 valence electrons. The fourth-order valence-electron chi connectivity index (χ4n) is 1.94. The third-order valence-corrected chi connectivity index (χ3v) is 4.06. The standard InChI is InChI=1S/C18H18IN3O3/c1-2-25-14-9-7-13(8-10-14)11-21-22-17(23)12-20-18(24)15-5-3-4-6-16(15)19/h3-11H,2,12H2,1H3,(H,20,24)(H,22,23)/b21-11+. The van der Waals surface area contributed by atoms with Gasteiger partial charge in [-0.1, -0.05) is 12.1 Å². The molecule has 0 aliphatic rings. The number of nitrogens with one attached hydrogen (secondary N) is 2. The molecule has 2 N–H and O–H groups in total. The van der Waals surface area contributed by atoms with Gasteiger partial charge in [-0.15, -0.1) is 0 Å². The van der Waals surface area contributed by atoms with E-state index in [0.29, 0.717) is 12.2 Å². The normalized spacial score (nSPS) is 10.5. The molecule has 25 heavy (non-hydrogen) atoms. The Morgan fingerprint density at radius 3 is 2.56 bits per heavy atom. The average molecular weight is 451 g/mol. The summed E-state index contributed by atoms with van der Waals surface area (Å²) in [4.78, 5) is 23.7. The van der Waals surface area contributed by atoms with Crippen LogP contribution in [0.25, 0.3) is 0 Å². The highest BCUT2D eigenvalue weighted by Gasteiger charge is 2.10. The molecule has 7 heteroatoms. The maximum absolute atomic E-state index is 12.0. The van der Waals surface area contributed by atoms with Crippen LogP contribution in [0.1, 0.15) is 22.8 Å². The second-order valence-corrected chi connectivity index (χ2v) is 6.12. The van der Waals surface area contributed by atoms with Gasteiger partial charge in [-0.2, -0.15) is 5.10 Å². The van der Waals surface area contributed by atoms with Gasteiger partial charge < -0.3 is 10.1 Å². The van der Waals surface area contributed by atoms with Crippen molar-refractivity contribution >= 4 is 40.6 Å². The van der Waals surface area contributed by atoms with E-state index in [4.69, 9.17) is 4.74 Å². The van der Waals surface area contributed by atoms with Crippen LogP contribution in [0.4, 0.5) is 0 Å². The molecule has 0 spiro atoms. The smallest absolute Gasteiger partial charge is 0.259 e. The Kier molecular flexibility index (Phi) is 7.39. The van der Waals surface area contributed by atoms with Crippen molar-refractivity contribution in [2.45, 2.75) is 6.92 Å². The molecule has 2 aromatic rings. The van der Waals surface area contributed by atoms with E-state index < -0.39 is 5.91 Å². The van der Waals surface area contributed by atoms with Gasteiger partial charge in [-0.05, 0) is 71.5 Å². The molecule has 0 heterocycles. The molecule has 0 aromatic heterocycles. The van der Waals surface area contributed by atoms with Crippen LogP contribution < -0.4 is 15.5 Å². The molecule has 6 nitrogen and oxygen atoms in total. The first-order chi connectivity index (χ1) is 12.1. The topological polar surface area (TPSA) is 79.8 Å². The van der Waals surface area contributed by atoms with Crippen LogP contribution in [0.3, 0.4) is 0 Å². The maximum Gasteiger partial charge on any atom is 0.259 e. The molecule has 2 amide bonds. The van der Waals surface area contributed by atoms with Crippen molar-refractivity contribution < 1.29 is 14.3 Å². The number of carbonyl (C=O) groups excluding carboxylic acids is 2. The van der Waals surface area contributed by atoms with Crippen molar-refractivity contribution in [2.24, 2.45) is 5.10 Å². The maximum atomic E-state index is 12.0. The van der Waals surface area contributed by atoms with Crippen molar-refractivity contribution in [1.29, 1.82) is 0 Å². The zero-order valence-corrected chi connectivity index (χ0v) is 15.8. The number of halogens is 1. The summed E-state index contributed by atoms with van der Waals surface area (Å²) in [6.45, 7) is 2.38. The van der Waals surface area contributed by atoms with Gasteiger partial charge in [0.1, 0.15) is 5.75 Å². The Balaban J connectivity index is 1.78. The van der Waals surface area contributed by atoms with Gasteiger partial charge >= 0.3 is 0 Å². The summed E-state index contributed by atoms with van der Waals surface area (Å²) < 4.78 is 6.17. The number of carbonyl (C=O) groups is 2. The first-order valence-corrected chi connectivity index (χ1v) is 8.75. The van der Waals surface area contributed by atoms with E-state index in [1.165, 1.54) is 6.21 Å². The third-order valence-electron chi connectivity index (χ3n) is 3.12. The van der Waals surface area contributed by atoms with E-state index >= 15 is 0 Å². The zero-order chi connectivity index (χ0) is 18.1. The van der Waals surface area contributed by atoms with E-state index in [1.54, 1.807) is 12.1 Å². The summed E-state index contributed by atoms with van der Waals surface area (Å²) in [5.41, 5.74) is 3.74. The highest BCUT2D eigenvalue weighted by atomic mass is 127. The lowest BCUT2D eigenvalue weighted by Crippen LogP contribution is -2.35. The molecular weight excluding hydrogens is 433 g/mol. The summed E-state index contributed by atoms with van der Waals surface area (Å²) in [5, 5.41) is 6.43. The highest BCUT2D eigenvalue weighted by Crippen LogP contribution is 2.11. The van der Waals surface area contributed by atoms with Crippen LogP contribution in [0.15, 0.2) is 53.6 Å². The number of hydrogen-bond donors (Lipinski definition) is 2. The minimum Gasteiger partial charge on any atom is -0.494 e. The van der Waals surface area contributed by atoms with Crippen molar-refractivity contribution in [1.82, 2.24) is 10.7 Å². The SMILES string of the molecule is CCOc1ccc(/C=N/NC(=O)CNC(=O)c2ccccc2I)cc1. The largest absolute Gasteiger partial charge is 0.494 e. The van der Waals surface area contributed by atoms with E-state index in [0.717, 1.165) is 14.9 Å². The van der Waals surface area contributed by atoms with E-state index in [9.17, 15) is 9.59 Å². The Morgan fingerprint density at radius 1 is 1.16 bits per heavy atom. The lowest BCUT2D eigenvalue weighted by atomic mass is 10.2. The monoisotopic (exact) mass is 451 g/mol. The van der Waals surface area contributed by atoms with Crippen molar-refractivity contribution in [2.75, 3.05) is 13.2 Å². The van der Waals surface area contributed by atoms with Gasteiger partial charge in [0.15, 0.2) is 0 Å². The Labute approximate surface area is 159 Å². The number of nitrogens with zero attached hydrogens (tertiary/aromatic N) is 1. The Morgan fingerprint density at radius 2 is 1.88 bits per heavy atom. The fourth-order valence-corrected chi connectivity index (χ4v) is 2.57. The van der Waals surface area contributed by atoms with E-state index in [2.05, 4.69) is 38.4 Å². The van der Waals surface area contributed by atoms with Gasteiger partial charge in [-0.3, -0.25) is 9.59 Å². The van der Waals surface area contributed by atoms with Crippen LogP contribution in [0.2, 0.25) is 0 Å². The molecule has 0 atom stereocenters. The molecule has 0 bridgehead atoms. The second kappa shape index (κ2) is 9.77. The van der Waals surface area contributed by atoms with E-state index in [-0.39, 0.29) is 12.5 Å². The summed E-state index contributed by atoms with van der Waals surface area (Å²) in [7, 11) is 0. The van der Waals surface area contributed by atoms with Gasteiger partial charge in [0.25, 0.3) is 11.8 Å². The van der Waals surface area contributed by atoms with Gasteiger partial charge in [-0.25, -0.2) is 5.43 Å². The number of benzene rings is 2. The van der Waals surface area contributed by atoms with Crippen molar-refractivity contribution in [3.05, 3.63) is 63.2 Å². The van der Waals surface area contributed by atoms with Gasteiger partial charge in [0.2, 0.25) is 0 Å². The van der Waals surface area contributed by atoms with E-state index in [1.807, 2.05) is 43.3 Å². The van der Waals surface area contributed by atoms with Gasteiger partial charge in [0.05, 0.1) is 24.9 Å². The predicted molar refractivity (Wildman–Crippen MR) is 105 cm³/mol. The minimum absolute atomic E-state index is 0.148. The summed E-state index contributed by atoms with van der Waals surface area (Å²) >= 11 is 2.08. The van der Waals surface area contributed by atoms with Crippen molar-refractivity contribution in [3.8, 4) is 5.75 Å². The lowest BCUT2D eigenvalue weighted by Gasteiger charge is -2.05. The first-order valence-electron chi connectivity index (χ1n) is 7.67. The van der Waals surface area contributed by atoms with Gasteiger partial charge in [0, 0.05) is 3.57 Å². The highest BCUT2D eigenvalue weighted by molar-refractivity contribution is 14.1. The number of rotatable bonds is 7. The van der Waals surface area contributed by atoms with Crippen LogP contribution in [0, 0.1) is 3.57 Å². The number of hydrazone groups is 1. The zero-order valence-electron chi connectivity index (χ0n) is 13.7. The molecule has 0 radical (unpaired) electrons. The van der Waals surface area contributed by atoms with Crippen LogP contribution in [0.5, 0.6) is 5.75 Å². The first kappa shape index (κ1) is 18.9. The molecule has 0 fully saturated rings. The molecule has 2 aromatic carbocycles. The van der Waals surface area contributed by atoms with Crippen molar-refractivity contribution in [3.63, 3.8) is 0 Å².